The molecule has 7 heteroatoms. The molecule has 0 saturated carbocycles. The van der Waals surface area contributed by atoms with Gasteiger partial charge in [0, 0.05) is 18.6 Å². The first-order valence-corrected chi connectivity index (χ1v) is 8.40. The zero-order chi connectivity index (χ0) is 15.2. The van der Waals surface area contributed by atoms with E-state index in [4.69, 9.17) is 11.6 Å². The molecule has 0 amide bonds. The van der Waals surface area contributed by atoms with Gasteiger partial charge < -0.3 is 5.32 Å². The van der Waals surface area contributed by atoms with E-state index < -0.39 is 10.2 Å². The maximum Gasteiger partial charge on any atom is 0.301 e. The summed E-state index contributed by atoms with van der Waals surface area (Å²) in [6.45, 7) is 5.94. The molecule has 0 aliphatic heterocycles. The Kier molecular flexibility index (Phi) is 6.75. The van der Waals surface area contributed by atoms with Gasteiger partial charge in [0.15, 0.2) is 0 Å². The Bertz CT molecular complexity index is 534. The Morgan fingerprint density at radius 3 is 2.70 bits per heavy atom. The summed E-state index contributed by atoms with van der Waals surface area (Å²) in [4.78, 5) is 0. The van der Waals surface area contributed by atoms with Gasteiger partial charge in [0.1, 0.15) is 0 Å². The fraction of sp³-hybridized carbons (Fsp3) is 0.538. The molecule has 0 aromatic heterocycles. The number of rotatable bonds is 8. The Labute approximate surface area is 126 Å². The SMILES string of the molecule is CCNCCCN(C)S(=O)(=O)Nc1cccc(Cl)c1C. The molecule has 0 aliphatic rings. The maximum atomic E-state index is 12.2. The lowest BCUT2D eigenvalue weighted by atomic mass is 10.2. The number of hydrogen-bond acceptors (Lipinski definition) is 3. The summed E-state index contributed by atoms with van der Waals surface area (Å²) in [7, 11) is -1.98. The van der Waals surface area contributed by atoms with Gasteiger partial charge in [0.25, 0.3) is 0 Å². The van der Waals surface area contributed by atoms with Crippen LogP contribution in [-0.2, 0) is 10.2 Å². The van der Waals surface area contributed by atoms with Gasteiger partial charge >= 0.3 is 10.2 Å². The summed E-state index contributed by atoms with van der Waals surface area (Å²) < 4.78 is 28.2. The van der Waals surface area contributed by atoms with Gasteiger partial charge in [-0.2, -0.15) is 12.7 Å². The Morgan fingerprint density at radius 1 is 1.35 bits per heavy atom. The number of halogens is 1. The van der Waals surface area contributed by atoms with Crippen molar-refractivity contribution in [1.82, 2.24) is 9.62 Å². The number of nitrogens with zero attached hydrogens (tertiary/aromatic N) is 1. The van der Waals surface area contributed by atoms with Crippen molar-refractivity contribution in [3.05, 3.63) is 28.8 Å². The second-order valence-electron chi connectivity index (χ2n) is 4.55. The van der Waals surface area contributed by atoms with Crippen molar-refractivity contribution in [2.24, 2.45) is 0 Å². The molecule has 114 valence electrons. The van der Waals surface area contributed by atoms with E-state index in [2.05, 4.69) is 10.0 Å². The van der Waals surface area contributed by atoms with Gasteiger partial charge in [-0.25, -0.2) is 0 Å². The van der Waals surface area contributed by atoms with Crippen LogP contribution in [0.15, 0.2) is 18.2 Å². The number of anilines is 1. The maximum absolute atomic E-state index is 12.2. The minimum atomic E-state index is -3.54. The number of benzene rings is 1. The van der Waals surface area contributed by atoms with Crippen molar-refractivity contribution in [3.8, 4) is 0 Å². The zero-order valence-corrected chi connectivity index (χ0v) is 13.7. The standard InChI is InChI=1S/C13H22ClN3O2S/c1-4-15-9-6-10-17(3)20(18,19)16-13-8-5-7-12(14)11(13)2/h5,7-8,15-16H,4,6,9-10H2,1-3H3. The number of hydrogen-bond donors (Lipinski definition) is 2. The molecule has 2 N–H and O–H groups in total. The van der Waals surface area contributed by atoms with E-state index in [1.54, 1.807) is 32.2 Å². The molecule has 20 heavy (non-hydrogen) atoms. The average molecular weight is 320 g/mol. The normalized spacial score (nSPS) is 11.8. The quantitative estimate of drug-likeness (QED) is 0.722. The molecule has 1 rings (SSSR count). The minimum Gasteiger partial charge on any atom is -0.317 e. The number of nitrogens with one attached hydrogen (secondary N) is 2. The van der Waals surface area contributed by atoms with Crippen molar-refractivity contribution < 1.29 is 8.42 Å². The molecular weight excluding hydrogens is 298 g/mol. The minimum absolute atomic E-state index is 0.460. The van der Waals surface area contributed by atoms with Crippen LogP contribution in [-0.4, -0.2) is 39.4 Å². The lowest BCUT2D eigenvalue weighted by molar-refractivity contribution is 0.459. The second-order valence-corrected chi connectivity index (χ2v) is 6.73. The van der Waals surface area contributed by atoms with Gasteiger partial charge in [-0.1, -0.05) is 24.6 Å². The molecule has 1 aromatic rings. The Balaban J connectivity index is 2.67. The van der Waals surface area contributed by atoms with Gasteiger partial charge in [0.2, 0.25) is 0 Å². The summed E-state index contributed by atoms with van der Waals surface area (Å²) in [5, 5.41) is 3.70. The monoisotopic (exact) mass is 319 g/mol. The van der Waals surface area contributed by atoms with Gasteiger partial charge in [-0.05, 0) is 44.1 Å². The van der Waals surface area contributed by atoms with Crippen molar-refractivity contribution in [1.29, 1.82) is 0 Å². The first-order chi connectivity index (χ1) is 9.38. The lowest BCUT2D eigenvalue weighted by Gasteiger charge is -2.19. The third-order valence-electron chi connectivity index (χ3n) is 2.99. The molecule has 0 bridgehead atoms. The van der Waals surface area contributed by atoms with Crippen LogP contribution in [0.4, 0.5) is 5.69 Å². The van der Waals surface area contributed by atoms with Crippen LogP contribution in [0.1, 0.15) is 18.9 Å². The van der Waals surface area contributed by atoms with E-state index in [1.165, 1.54) is 4.31 Å². The highest BCUT2D eigenvalue weighted by molar-refractivity contribution is 7.90. The first-order valence-electron chi connectivity index (χ1n) is 6.58. The van der Waals surface area contributed by atoms with Crippen LogP contribution < -0.4 is 10.0 Å². The molecule has 5 nitrogen and oxygen atoms in total. The largest absolute Gasteiger partial charge is 0.317 e. The zero-order valence-electron chi connectivity index (χ0n) is 12.1. The highest BCUT2D eigenvalue weighted by Crippen LogP contribution is 2.24. The van der Waals surface area contributed by atoms with Crippen LogP contribution in [0.25, 0.3) is 0 Å². The van der Waals surface area contributed by atoms with Crippen LogP contribution in [0.2, 0.25) is 5.02 Å². The summed E-state index contributed by atoms with van der Waals surface area (Å²) in [6, 6.07) is 5.15. The summed E-state index contributed by atoms with van der Waals surface area (Å²) in [5.74, 6) is 0. The molecule has 0 heterocycles. The smallest absolute Gasteiger partial charge is 0.301 e. The van der Waals surface area contributed by atoms with Crippen molar-refractivity contribution in [2.45, 2.75) is 20.3 Å². The lowest BCUT2D eigenvalue weighted by Crippen LogP contribution is -2.34. The van der Waals surface area contributed by atoms with E-state index in [0.717, 1.165) is 25.1 Å². The van der Waals surface area contributed by atoms with E-state index in [1.807, 2.05) is 6.92 Å². The molecule has 0 saturated heterocycles. The van der Waals surface area contributed by atoms with Crippen molar-refractivity contribution in [2.75, 3.05) is 31.4 Å². The predicted octanol–water partition coefficient (Wildman–Crippen LogP) is 2.24. The van der Waals surface area contributed by atoms with Gasteiger partial charge in [-0.3, -0.25) is 4.72 Å². The van der Waals surface area contributed by atoms with E-state index >= 15 is 0 Å². The van der Waals surface area contributed by atoms with Crippen LogP contribution in [0.5, 0.6) is 0 Å². The topological polar surface area (TPSA) is 61.4 Å². The molecule has 1 aromatic carbocycles. The van der Waals surface area contributed by atoms with E-state index in [9.17, 15) is 8.42 Å². The van der Waals surface area contributed by atoms with E-state index in [0.29, 0.717) is 17.3 Å². The molecule has 0 fully saturated rings. The Morgan fingerprint density at radius 2 is 2.05 bits per heavy atom. The highest BCUT2D eigenvalue weighted by Gasteiger charge is 2.18. The Hall–Kier alpha value is -0.820. The van der Waals surface area contributed by atoms with Gasteiger partial charge in [0.05, 0.1) is 5.69 Å². The molecule has 0 unspecified atom stereocenters. The van der Waals surface area contributed by atoms with E-state index in [-0.39, 0.29) is 0 Å². The predicted molar refractivity (Wildman–Crippen MR) is 84.5 cm³/mol. The molecule has 0 atom stereocenters. The third kappa shape index (κ3) is 4.94. The average Bonchev–Trinajstić information content (AvgIpc) is 2.39. The summed E-state index contributed by atoms with van der Waals surface area (Å²) in [5.41, 5.74) is 1.23. The van der Waals surface area contributed by atoms with Gasteiger partial charge in [-0.15, -0.1) is 0 Å². The molecular formula is C13H22ClN3O2S. The molecule has 0 radical (unpaired) electrons. The summed E-state index contributed by atoms with van der Waals surface area (Å²) in [6.07, 6.45) is 0.764. The first kappa shape index (κ1) is 17.2. The van der Waals surface area contributed by atoms with Crippen LogP contribution in [0, 0.1) is 6.92 Å². The van der Waals surface area contributed by atoms with Crippen LogP contribution in [0.3, 0.4) is 0 Å². The fourth-order valence-corrected chi connectivity index (χ4v) is 2.86. The third-order valence-corrected chi connectivity index (χ3v) is 4.88. The molecule has 0 spiro atoms. The summed E-state index contributed by atoms with van der Waals surface area (Å²) >= 11 is 5.98. The fourth-order valence-electron chi connectivity index (χ4n) is 1.66. The van der Waals surface area contributed by atoms with Crippen molar-refractivity contribution in [3.63, 3.8) is 0 Å². The molecule has 0 aliphatic carbocycles. The van der Waals surface area contributed by atoms with Crippen LogP contribution >= 0.6 is 11.6 Å². The second kappa shape index (κ2) is 7.83. The van der Waals surface area contributed by atoms with Crippen molar-refractivity contribution >= 4 is 27.5 Å². The highest BCUT2D eigenvalue weighted by atomic mass is 35.5.